The molecule has 5 heteroatoms. The van der Waals surface area contributed by atoms with Crippen molar-refractivity contribution in [1.29, 1.82) is 0 Å². The van der Waals surface area contributed by atoms with Gasteiger partial charge in [0.05, 0.1) is 25.4 Å². The third kappa shape index (κ3) is 3.18. The van der Waals surface area contributed by atoms with E-state index in [0.29, 0.717) is 54.1 Å². The van der Waals surface area contributed by atoms with Gasteiger partial charge in [0.2, 0.25) is 0 Å². The van der Waals surface area contributed by atoms with Crippen molar-refractivity contribution >= 4 is 11.6 Å². The number of hydrogen-bond acceptors (Lipinski definition) is 4. The van der Waals surface area contributed by atoms with Crippen LogP contribution in [0.2, 0.25) is 0 Å². The molecule has 0 spiro atoms. The molecule has 2 fully saturated rings. The Morgan fingerprint density at radius 2 is 1.76 bits per heavy atom. The van der Waals surface area contributed by atoms with Gasteiger partial charge in [0.1, 0.15) is 11.6 Å². The average Bonchev–Trinajstić information content (AvgIpc) is 3.09. The normalized spacial score (nSPS) is 26.6. The third-order valence-corrected chi connectivity index (χ3v) is 6.65. The van der Waals surface area contributed by atoms with Gasteiger partial charge in [0, 0.05) is 29.9 Å². The fraction of sp³-hybridized carbons (Fsp3) is 0.417. The molecule has 3 aliphatic rings. The van der Waals surface area contributed by atoms with Crippen molar-refractivity contribution in [3.63, 3.8) is 0 Å². The highest BCUT2D eigenvalue weighted by atomic mass is 19.1. The Morgan fingerprint density at radius 1 is 1.03 bits per heavy atom. The van der Waals surface area contributed by atoms with E-state index in [2.05, 4.69) is 0 Å². The first kappa shape index (κ1) is 18.5. The number of rotatable bonds is 6. The second-order valence-corrected chi connectivity index (χ2v) is 8.29. The summed E-state index contributed by atoms with van der Waals surface area (Å²) in [7, 11) is 0. The molecule has 5 rings (SSSR count). The van der Waals surface area contributed by atoms with Crippen LogP contribution < -0.4 is 4.74 Å². The van der Waals surface area contributed by atoms with Gasteiger partial charge in [0.25, 0.3) is 0 Å². The molecule has 2 heterocycles. The van der Waals surface area contributed by atoms with E-state index < -0.39 is 0 Å². The van der Waals surface area contributed by atoms with Crippen LogP contribution in [0.3, 0.4) is 0 Å². The number of carbonyl (C=O) groups is 2. The zero-order valence-corrected chi connectivity index (χ0v) is 16.3. The molecule has 0 aromatic heterocycles. The molecule has 29 heavy (non-hydrogen) atoms. The first-order valence-corrected chi connectivity index (χ1v) is 10.3. The van der Waals surface area contributed by atoms with E-state index in [1.807, 2.05) is 6.07 Å². The average molecular weight is 394 g/mol. The van der Waals surface area contributed by atoms with E-state index in [-0.39, 0.29) is 23.3 Å². The van der Waals surface area contributed by atoms with Gasteiger partial charge >= 0.3 is 0 Å². The maximum absolute atomic E-state index is 13.4. The molecule has 2 aromatic carbocycles. The Labute approximate surface area is 169 Å². The van der Waals surface area contributed by atoms with E-state index in [0.717, 1.165) is 24.3 Å². The highest BCUT2D eigenvalue weighted by Gasteiger charge is 2.54. The monoisotopic (exact) mass is 394 g/mol. The fourth-order valence-corrected chi connectivity index (χ4v) is 4.85. The van der Waals surface area contributed by atoms with Gasteiger partial charge in [-0.25, -0.2) is 4.39 Å². The van der Waals surface area contributed by atoms with Crippen molar-refractivity contribution in [1.82, 2.24) is 0 Å². The van der Waals surface area contributed by atoms with Gasteiger partial charge < -0.3 is 9.47 Å². The SMILES string of the molecule is CCC(=O)c1cc(C(=O)CC2[C@H]3COC[C@@H]23)cc2c1OC[C@H]2c1ccc(F)cc1. The molecule has 2 aromatic rings. The molecule has 1 aliphatic carbocycles. The lowest BCUT2D eigenvalue weighted by Gasteiger charge is -2.13. The molecular formula is C24H23FO4. The number of ether oxygens (including phenoxy) is 2. The lowest BCUT2D eigenvalue weighted by atomic mass is 9.88. The maximum atomic E-state index is 13.4. The smallest absolute Gasteiger partial charge is 0.166 e. The summed E-state index contributed by atoms with van der Waals surface area (Å²) in [5, 5.41) is 0. The number of halogens is 1. The van der Waals surface area contributed by atoms with Gasteiger partial charge in [-0.3, -0.25) is 9.59 Å². The number of hydrogen-bond donors (Lipinski definition) is 0. The van der Waals surface area contributed by atoms with Crippen LogP contribution in [0.25, 0.3) is 0 Å². The lowest BCUT2D eigenvalue weighted by Crippen LogP contribution is -2.09. The molecule has 0 amide bonds. The van der Waals surface area contributed by atoms with Crippen LogP contribution in [0, 0.1) is 23.6 Å². The molecule has 1 saturated carbocycles. The van der Waals surface area contributed by atoms with E-state index in [9.17, 15) is 14.0 Å². The summed E-state index contributed by atoms with van der Waals surface area (Å²) in [4.78, 5) is 25.6. The van der Waals surface area contributed by atoms with E-state index in [1.54, 1.807) is 25.1 Å². The number of carbonyl (C=O) groups excluding carboxylic acids is 2. The second-order valence-electron chi connectivity index (χ2n) is 8.29. The van der Waals surface area contributed by atoms with Crippen molar-refractivity contribution in [3.8, 4) is 5.75 Å². The van der Waals surface area contributed by atoms with Crippen LogP contribution >= 0.6 is 0 Å². The van der Waals surface area contributed by atoms with E-state index >= 15 is 0 Å². The predicted octanol–water partition coefficient (Wildman–Crippen LogP) is 4.41. The zero-order chi connectivity index (χ0) is 20.1. The minimum Gasteiger partial charge on any atom is -0.492 e. The number of Topliss-reactive ketones (excluding diaryl/α,β-unsaturated/α-hetero) is 2. The first-order valence-electron chi connectivity index (χ1n) is 10.3. The fourth-order valence-electron chi connectivity index (χ4n) is 4.85. The van der Waals surface area contributed by atoms with Crippen molar-refractivity contribution in [2.75, 3.05) is 19.8 Å². The van der Waals surface area contributed by atoms with Crippen LogP contribution in [0.4, 0.5) is 4.39 Å². The molecule has 4 nitrogen and oxygen atoms in total. The molecule has 4 atom stereocenters. The van der Waals surface area contributed by atoms with Crippen molar-refractivity contribution in [3.05, 3.63) is 64.5 Å². The Bertz CT molecular complexity index is 971. The lowest BCUT2D eigenvalue weighted by molar-refractivity contribution is 0.0951. The highest BCUT2D eigenvalue weighted by Crippen LogP contribution is 2.53. The van der Waals surface area contributed by atoms with Gasteiger partial charge in [-0.2, -0.15) is 0 Å². The standard InChI is InChI=1S/C24H23FO4/c1-2-22(26)18-8-14(23(27)9-16-20-10-28-11-21(16)20)7-17-19(12-29-24(17)18)13-3-5-15(25)6-4-13/h3-8,16,19-21H,2,9-12H2,1H3/t16?,19-,20-,21+/m0/s1. The summed E-state index contributed by atoms with van der Waals surface area (Å²) in [5.41, 5.74) is 2.82. The first-order chi connectivity index (χ1) is 14.1. The van der Waals surface area contributed by atoms with Gasteiger partial charge in [-0.15, -0.1) is 0 Å². The van der Waals surface area contributed by atoms with Crippen LogP contribution in [0.15, 0.2) is 36.4 Å². The Kier molecular flexibility index (Phi) is 4.50. The minimum absolute atomic E-state index is 0.0349. The van der Waals surface area contributed by atoms with Crippen molar-refractivity contribution in [2.24, 2.45) is 17.8 Å². The molecule has 0 radical (unpaired) electrons. The molecular weight excluding hydrogens is 371 g/mol. The van der Waals surface area contributed by atoms with Crippen LogP contribution in [-0.2, 0) is 4.74 Å². The van der Waals surface area contributed by atoms with Crippen LogP contribution in [0.1, 0.15) is 57.5 Å². The van der Waals surface area contributed by atoms with Gasteiger partial charge in [-0.1, -0.05) is 19.1 Å². The van der Waals surface area contributed by atoms with E-state index in [4.69, 9.17) is 9.47 Å². The second kappa shape index (κ2) is 7.06. The van der Waals surface area contributed by atoms with Crippen LogP contribution in [0.5, 0.6) is 5.75 Å². The topological polar surface area (TPSA) is 52.6 Å². The van der Waals surface area contributed by atoms with Gasteiger partial charge in [0.15, 0.2) is 11.6 Å². The molecule has 1 saturated heterocycles. The molecule has 150 valence electrons. The number of ketones is 2. The Hall–Kier alpha value is -2.53. The molecule has 1 unspecified atom stereocenters. The quantitative estimate of drug-likeness (QED) is 0.681. The molecule has 0 bridgehead atoms. The summed E-state index contributed by atoms with van der Waals surface area (Å²) in [5.74, 6) is 1.63. The van der Waals surface area contributed by atoms with Crippen molar-refractivity contribution < 1.29 is 23.5 Å². The molecule has 2 aliphatic heterocycles. The maximum Gasteiger partial charge on any atom is 0.166 e. The van der Waals surface area contributed by atoms with Crippen molar-refractivity contribution in [2.45, 2.75) is 25.7 Å². The van der Waals surface area contributed by atoms with Gasteiger partial charge in [-0.05, 0) is 47.6 Å². The Balaban J connectivity index is 1.49. The minimum atomic E-state index is -0.294. The zero-order valence-electron chi connectivity index (χ0n) is 16.3. The van der Waals surface area contributed by atoms with Crippen LogP contribution in [-0.4, -0.2) is 31.4 Å². The van der Waals surface area contributed by atoms with E-state index in [1.165, 1.54) is 12.1 Å². The summed E-state index contributed by atoms with van der Waals surface area (Å²) < 4.78 is 24.7. The Morgan fingerprint density at radius 3 is 2.45 bits per heavy atom. The summed E-state index contributed by atoms with van der Waals surface area (Å²) in [6.07, 6.45) is 0.845. The molecule has 0 N–H and O–H groups in total. The number of fused-ring (bicyclic) bond motifs is 2. The largest absolute Gasteiger partial charge is 0.492 e. The summed E-state index contributed by atoms with van der Waals surface area (Å²) in [6, 6.07) is 9.90. The number of benzene rings is 2. The predicted molar refractivity (Wildman–Crippen MR) is 105 cm³/mol. The third-order valence-electron chi connectivity index (χ3n) is 6.65. The summed E-state index contributed by atoms with van der Waals surface area (Å²) in [6.45, 7) is 3.70. The summed E-state index contributed by atoms with van der Waals surface area (Å²) >= 11 is 0. The highest BCUT2D eigenvalue weighted by molar-refractivity contribution is 6.04.